The maximum absolute atomic E-state index is 3.56. The SMILES string of the molecule is C1CC[CH2][Sn][NH]CC1. The molecule has 0 aromatic rings. The van der Waals surface area contributed by atoms with Gasteiger partial charge in [0.1, 0.15) is 0 Å². The van der Waals surface area contributed by atoms with Crippen molar-refractivity contribution in [2.45, 2.75) is 30.1 Å². The standard InChI is InChI=1S/C6H13N.Sn/c1-2-3-4-5-6-7;/h7H,1-6H2;/q-1;+1. The van der Waals surface area contributed by atoms with Crippen LogP contribution in [-0.2, 0) is 0 Å². The van der Waals surface area contributed by atoms with E-state index < -0.39 is 0 Å². The van der Waals surface area contributed by atoms with Crippen molar-refractivity contribution >= 4 is 21.4 Å². The predicted molar refractivity (Wildman–Crippen MR) is 37.0 cm³/mol. The van der Waals surface area contributed by atoms with Gasteiger partial charge in [0.25, 0.3) is 0 Å². The van der Waals surface area contributed by atoms with Gasteiger partial charge in [0.15, 0.2) is 0 Å². The molecule has 8 heavy (non-hydrogen) atoms. The molecule has 0 spiro atoms. The first-order valence-corrected chi connectivity index (χ1v) is 6.90. The van der Waals surface area contributed by atoms with Crippen LogP contribution >= 0.6 is 0 Å². The third-order valence-electron chi connectivity index (χ3n) is 1.48. The van der Waals surface area contributed by atoms with Crippen LogP contribution in [0.4, 0.5) is 0 Å². The number of rotatable bonds is 0. The summed E-state index contributed by atoms with van der Waals surface area (Å²) in [6.07, 6.45) is 5.91. The summed E-state index contributed by atoms with van der Waals surface area (Å²) in [5.74, 6) is 0. The molecule has 46 valence electrons. The summed E-state index contributed by atoms with van der Waals surface area (Å²) in [7, 11) is 0. The summed E-state index contributed by atoms with van der Waals surface area (Å²) in [5, 5.41) is 0. The Balaban J connectivity index is 2.00. The summed E-state index contributed by atoms with van der Waals surface area (Å²) >= 11 is -0.0333. The summed E-state index contributed by atoms with van der Waals surface area (Å²) in [4.78, 5) is 0. The average Bonchev–Trinajstić information content (AvgIpc) is 1.62. The van der Waals surface area contributed by atoms with Crippen LogP contribution < -0.4 is 3.54 Å². The van der Waals surface area contributed by atoms with E-state index in [0.29, 0.717) is 0 Å². The number of hydrogen-bond donors (Lipinski definition) is 1. The molecule has 0 amide bonds. The van der Waals surface area contributed by atoms with Crippen molar-refractivity contribution in [1.29, 1.82) is 0 Å². The second-order valence-corrected chi connectivity index (χ2v) is 5.71. The van der Waals surface area contributed by atoms with Crippen LogP contribution in [0.25, 0.3) is 0 Å². The van der Waals surface area contributed by atoms with Crippen LogP contribution in [0.2, 0.25) is 4.44 Å². The molecule has 0 aromatic heterocycles. The fourth-order valence-corrected chi connectivity index (χ4v) is 3.69. The van der Waals surface area contributed by atoms with Gasteiger partial charge >= 0.3 is 61.6 Å². The number of nitrogens with one attached hydrogen (secondary N) is 1. The Hall–Kier alpha value is 0.759. The Kier molecular flexibility index (Phi) is 3.97. The quantitative estimate of drug-likeness (QED) is 0.602. The third-order valence-corrected chi connectivity index (χ3v) is 4.63. The first-order chi connectivity index (χ1) is 4.00. The monoisotopic (exact) mass is 219 g/mol. The molecular weight excluding hydrogens is 205 g/mol. The Morgan fingerprint density at radius 1 is 1.00 bits per heavy atom. The van der Waals surface area contributed by atoms with Gasteiger partial charge in [0.2, 0.25) is 0 Å². The van der Waals surface area contributed by atoms with Crippen molar-refractivity contribution in [2.24, 2.45) is 0 Å². The summed E-state index contributed by atoms with van der Waals surface area (Å²) < 4.78 is 5.12. The Labute approximate surface area is 61.8 Å². The normalized spacial score (nSPS) is 24.0. The van der Waals surface area contributed by atoms with E-state index in [4.69, 9.17) is 0 Å². The van der Waals surface area contributed by atoms with Crippen molar-refractivity contribution < 1.29 is 0 Å². The van der Waals surface area contributed by atoms with E-state index in [0.717, 1.165) is 0 Å². The van der Waals surface area contributed by atoms with Crippen LogP contribution in [0.3, 0.4) is 0 Å². The summed E-state index contributed by atoms with van der Waals surface area (Å²) in [5.41, 5.74) is 0. The van der Waals surface area contributed by atoms with Crippen LogP contribution in [0, 0.1) is 0 Å². The van der Waals surface area contributed by atoms with Crippen molar-refractivity contribution in [1.82, 2.24) is 3.54 Å². The summed E-state index contributed by atoms with van der Waals surface area (Å²) in [6.45, 7) is 1.33. The number of hydrogen-bond acceptors (Lipinski definition) is 1. The van der Waals surface area contributed by atoms with Gasteiger partial charge in [0, 0.05) is 0 Å². The van der Waals surface area contributed by atoms with Crippen LogP contribution in [-0.4, -0.2) is 28.0 Å². The maximum atomic E-state index is 3.56. The second kappa shape index (κ2) is 4.62. The minimum atomic E-state index is -0.0333. The molecule has 0 aromatic carbocycles. The molecule has 1 nitrogen and oxygen atoms in total. The Morgan fingerprint density at radius 2 is 1.88 bits per heavy atom. The van der Waals surface area contributed by atoms with E-state index in [1.54, 1.807) is 4.44 Å². The van der Waals surface area contributed by atoms with E-state index in [9.17, 15) is 0 Å². The van der Waals surface area contributed by atoms with Crippen molar-refractivity contribution in [3.8, 4) is 0 Å². The zero-order valence-corrected chi connectivity index (χ0v) is 8.10. The topological polar surface area (TPSA) is 12.0 Å². The minimum absolute atomic E-state index is 0.0333. The molecular formula is C6H13NSn. The van der Waals surface area contributed by atoms with Gasteiger partial charge in [-0.1, -0.05) is 0 Å². The molecule has 0 atom stereocenters. The van der Waals surface area contributed by atoms with Crippen molar-refractivity contribution in [3.63, 3.8) is 0 Å². The molecule has 0 unspecified atom stereocenters. The molecule has 2 heteroatoms. The molecule has 1 saturated heterocycles. The van der Waals surface area contributed by atoms with Gasteiger partial charge in [-0.3, -0.25) is 0 Å². The predicted octanol–water partition coefficient (Wildman–Crippen LogP) is 1.19. The Morgan fingerprint density at radius 3 is 2.88 bits per heavy atom. The van der Waals surface area contributed by atoms with Gasteiger partial charge in [-0.05, 0) is 0 Å². The van der Waals surface area contributed by atoms with Gasteiger partial charge in [-0.15, -0.1) is 0 Å². The van der Waals surface area contributed by atoms with Gasteiger partial charge in [-0.2, -0.15) is 0 Å². The molecule has 1 N–H and O–H groups in total. The van der Waals surface area contributed by atoms with Crippen LogP contribution in [0.15, 0.2) is 0 Å². The second-order valence-electron chi connectivity index (χ2n) is 2.27. The van der Waals surface area contributed by atoms with Gasteiger partial charge < -0.3 is 0 Å². The van der Waals surface area contributed by atoms with Crippen molar-refractivity contribution in [3.05, 3.63) is 0 Å². The first kappa shape index (κ1) is 6.87. The van der Waals surface area contributed by atoms with E-state index in [-0.39, 0.29) is 21.4 Å². The van der Waals surface area contributed by atoms with Crippen molar-refractivity contribution in [2.75, 3.05) is 6.54 Å². The summed E-state index contributed by atoms with van der Waals surface area (Å²) in [6, 6.07) is 0. The zero-order chi connectivity index (χ0) is 5.66. The molecule has 1 fully saturated rings. The van der Waals surface area contributed by atoms with Crippen LogP contribution in [0.5, 0.6) is 0 Å². The molecule has 1 aliphatic rings. The zero-order valence-electron chi connectivity index (χ0n) is 5.24. The first-order valence-electron chi connectivity index (χ1n) is 3.46. The molecule has 1 rings (SSSR count). The van der Waals surface area contributed by atoms with E-state index in [2.05, 4.69) is 3.54 Å². The molecule has 0 aliphatic carbocycles. The van der Waals surface area contributed by atoms with Gasteiger partial charge in [-0.25, -0.2) is 0 Å². The van der Waals surface area contributed by atoms with E-state index >= 15 is 0 Å². The molecule has 0 bridgehead atoms. The molecule has 0 saturated carbocycles. The Bertz CT molecular complexity index is 32.5. The third kappa shape index (κ3) is 2.92. The van der Waals surface area contributed by atoms with E-state index in [1.807, 2.05) is 0 Å². The average molecular weight is 218 g/mol. The fourth-order valence-electron chi connectivity index (χ4n) is 0.957. The van der Waals surface area contributed by atoms with E-state index in [1.165, 1.54) is 32.2 Å². The fraction of sp³-hybridized carbons (Fsp3) is 1.00. The van der Waals surface area contributed by atoms with Crippen LogP contribution in [0.1, 0.15) is 25.7 Å². The molecule has 1 aliphatic heterocycles. The molecule has 2 radical (unpaired) electrons. The molecule has 1 heterocycles. The van der Waals surface area contributed by atoms with Gasteiger partial charge in [0.05, 0.1) is 0 Å².